The number of thiophene rings is 1. The van der Waals surface area contributed by atoms with Crippen molar-refractivity contribution < 1.29 is 19.1 Å². The summed E-state index contributed by atoms with van der Waals surface area (Å²) >= 11 is 2.44. The van der Waals surface area contributed by atoms with Gasteiger partial charge in [0.05, 0.1) is 17.2 Å². The third-order valence-electron chi connectivity index (χ3n) is 3.09. The van der Waals surface area contributed by atoms with E-state index in [1.807, 2.05) is 19.9 Å². The lowest BCUT2D eigenvalue weighted by Crippen LogP contribution is -2.18. The number of Topliss-reactive ketones (excluding diaryl/α,β-unsaturated/α-hetero) is 1. The first-order valence-electron chi connectivity index (χ1n) is 7.80. The summed E-state index contributed by atoms with van der Waals surface area (Å²) in [5.74, 6) is -0.870. The van der Waals surface area contributed by atoms with Crippen molar-refractivity contribution in [3.8, 4) is 0 Å². The summed E-state index contributed by atoms with van der Waals surface area (Å²) in [4.78, 5) is 44.6. The van der Waals surface area contributed by atoms with Crippen LogP contribution >= 0.6 is 23.1 Å². The predicted molar refractivity (Wildman–Crippen MR) is 99.4 cm³/mol. The van der Waals surface area contributed by atoms with Gasteiger partial charge in [0.25, 0.3) is 0 Å². The van der Waals surface area contributed by atoms with Crippen LogP contribution in [0.15, 0.2) is 23.4 Å². The van der Waals surface area contributed by atoms with Crippen molar-refractivity contribution in [1.82, 2.24) is 15.3 Å². The zero-order chi connectivity index (χ0) is 19.1. The first kappa shape index (κ1) is 20.1. The van der Waals surface area contributed by atoms with Crippen molar-refractivity contribution in [2.45, 2.75) is 32.5 Å². The van der Waals surface area contributed by atoms with Crippen LogP contribution in [-0.2, 0) is 20.9 Å². The molecule has 0 radical (unpaired) electrons. The Bertz CT molecular complexity index is 800. The second-order valence-electron chi connectivity index (χ2n) is 5.48. The number of esters is 1. The maximum atomic E-state index is 12.1. The van der Waals surface area contributed by atoms with E-state index in [2.05, 4.69) is 15.3 Å². The Labute approximate surface area is 159 Å². The van der Waals surface area contributed by atoms with E-state index in [1.54, 1.807) is 12.1 Å². The minimum absolute atomic E-state index is 0.0361. The standard InChI is InChI=1S/C17H19N3O4S2/c1-10-6-11(2)20-17(19-10)25-9-16(23)24-8-14(22)15-5-4-13(26-15)7-18-12(3)21/h4-6H,7-9H2,1-3H3,(H,18,21). The SMILES string of the molecule is CC(=O)NCc1ccc(C(=O)COC(=O)CSc2nc(C)cc(C)n2)s1. The Kier molecular flexibility index (Phi) is 7.28. The Balaban J connectivity index is 1.77. The molecule has 9 heteroatoms. The number of carbonyl (C=O) groups excluding carboxylic acids is 3. The number of thioether (sulfide) groups is 1. The molecule has 138 valence electrons. The van der Waals surface area contributed by atoms with Crippen molar-refractivity contribution in [2.75, 3.05) is 12.4 Å². The number of nitrogens with zero attached hydrogens (tertiary/aromatic N) is 2. The molecule has 0 aliphatic heterocycles. The van der Waals surface area contributed by atoms with Crippen molar-refractivity contribution in [1.29, 1.82) is 0 Å². The number of amides is 1. The van der Waals surface area contributed by atoms with Gasteiger partial charge in [-0.15, -0.1) is 11.3 Å². The van der Waals surface area contributed by atoms with E-state index in [4.69, 9.17) is 4.74 Å². The van der Waals surface area contributed by atoms with Gasteiger partial charge >= 0.3 is 5.97 Å². The normalized spacial score (nSPS) is 10.4. The van der Waals surface area contributed by atoms with Gasteiger partial charge in [0.15, 0.2) is 11.8 Å². The van der Waals surface area contributed by atoms with Crippen LogP contribution < -0.4 is 5.32 Å². The van der Waals surface area contributed by atoms with Gasteiger partial charge in [-0.1, -0.05) is 11.8 Å². The maximum Gasteiger partial charge on any atom is 0.316 e. The Morgan fingerprint density at radius 1 is 1.19 bits per heavy atom. The lowest BCUT2D eigenvalue weighted by Gasteiger charge is -2.04. The van der Waals surface area contributed by atoms with Gasteiger partial charge in [0, 0.05) is 23.2 Å². The number of carbonyl (C=O) groups is 3. The van der Waals surface area contributed by atoms with E-state index < -0.39 is 5.97 Å². The molecule has 0 aromatic carbocycles. The lowest BCUT2D eigenvalue weighted by atomic mass is 10.3. The molecule has 0 saturated heterocycles. The fraction of sp³-hybridized carbons (Fsp3) is 0.353. The highest BCUT2D eigenvalue weighted by atomic mass is 32.2. The maximum absolute atomic E-state index is 12.1. The Morgan fingerprint density at radius 2 is 1.88 bits per heavy atom. The number of hydrogen-bond donors (Lipinski definition) is 1. The molecule has 0 aliphatic carbocycles. The van der Waals surface area contributed by atoms with Crippen molar-refractivity contribution in [3.63, 3.8) is 0 Å². The monoisotopic (exact) mass is 393 g/mol. The van der Waals surface area contributed by atoms with Crippen molar-refractivity contribution in [3.05, 3.63) is 39.3 Å². The number of ether oxygens (including phenoxy) is 1. The summed E-state index contributed by atoms with van der Waals surface area (Å²) in [6, 6.07) is 5.28. The number of aryl methyl sites for hydroxylation is 2. The van der Waals surface area contributed by atoms with Gasteiger partial charge in [0.1, 0.15) is 0 Å². The molecule has 0 fully saturated rings. The van der Waals surface area contributed by atoms with Crippen LogP contribution in [0.5, 0.6) is 0 Å². The largest absolute Gasteiger partial charge is 0.457 e. The number of nitrogens with one attached hydrogen (secondary N) is 1. The lowest BCUT2D eigenvalue weighted by molar-refractivity contribution is -0.139. The molecule has 26 heavy (non-hydrogen) atoms. The summed E-state index contributed by atoms with van der Waals surface area (Å²) in [5.41, 5.74) is 1.66. The Hall–Kier alpha value is -2.26. The van der Waals surface area contributed by atoms with Gasteiger partial charge < -0.3 is 10.1 Å². The second-order valence-corrected chi connectivity index (χ2v) is 7.59. The molecule has 7 nitrogen and oxygen atoms in total. The highest BCUT2D eigenvalue weighted by Crippen LogP contribution is 2.18. The average molecular weight is 393 g/mol. The summed E-state index contributed by atoms with van der Waals surface area (Å²) < 4.78 is 5.02. The van der Waals surface area contributed by atoms with E-state index in [9.17, 15) is 14.4 Å². The van der Waals surface area contributed by atoms with Crippen molar-refractivity contribution >= 4 is 40.8 Å². The van der Waals surface area contributed by atoms with Gasteiger partial charge in [0.2, 0.25) is 11.7 Å². The summed E-state index contributed by atoms with van der Waals surface area (Å²) in [5, 5.41) is 3.17. The molecule has 0 spiro atoms. The van der Waals surface area contributed by atoms with Crippen LogP contribution in [-0.4, -0.2) is 40.0 Å². The highest BCUT2D eigenvalue weighted by Gasteiger charge is 2.13. The van der Waals surface area contributed by atoms with Gasteiger partial charge in [-0.2, -0.15) is 0 Å². The topological polar surface area (TPSA) is 98.2 Å². The number of ketones is 1. The molecule has 1 N–H and O–H groups in total. The van der Waals surface area contributed by atoms with Gasteiger partial charge in [-0.05, 0) is 32.0 Å². The van der Waals surface area contributed by atoms with E-state index in [0.717, 1.165) is 16.3 Å². The Morgan fingerprint density at radius 3 is 2.54 bits per heavy atom. The molecular weight excluding hydrogens is 374 g/mol. The van der Waals surface area contributed by atoms with Gasteiger partial charge in [-0.3, -0.25) is 14.4 Å². The van der Waals surface area contributed by atoms with Crippen LogP contribution in [0.1, 0.15) is 32.9 Å². The minimum Gasteiger partial charge on any atom is -0.457 e. The molecule has 0 bridgehead atoms. The van der Waals surface area contributed by atoms with Crippen LogP contribution in [0.4, 0.5) is 0 Å². The number of hydrogen-bond acceptors (Lipinski definition) is 8. The summed E-state index contributed by atoms with van der Waals surface area (Å²) in [6.07, 6.45) is 0. The second kappa shape index (κ2) is 9.44. The van der Waals surface area contributed by atoms with E-state index >= 15 is 0 Å². The zero-order valence-corrected chi connectivity index (χ0v) is 16.3. The van der Waals surface area contributed by atoms with Crippen LogP contribution in [0.3, 0.4) is 0 Å². The third-order valence-corrected chi connectivity index (χ3v) is 5.04. The van der Waals surface area contributed by atoms with E-state index in [1.165, 1.54) is 30.0 Å². The first-order valence-corrected chi connectivity index (χ1v) is 9.60. The molecule has 2 aromatic heterocycles. The summed E-state index contributed by atoms with van der Waals surface area (Å²) in [6.45, 7) is 5.21. The fourth-order valence-corrected chi connectivity index (χ4v) is 3.59. The number of rotatable bonds is 8. The minimum atomic E-state index is -0.499. The average Bonchev–Trinajstić information content (AvgIpc) is 3.04. The molecule has 2 rings (SSSR count). The van der Waals surface area contributed by atoms with Crippen LogP contribution in [0, 0.1) is 13.8 Å². The quantitative estimate of drug-likeness (QED) is 0.318. The van der Waals surface area contributed by atoms with Crippen molar-refractivity contribution in [2.24, 2.45) is 0 Å². The van der Waals surface area contributed by atoms with Gasteiger partial charge in [-0.25, -0.2) is 9.97 Å². The molecule has 0 saturated carbocycles. The molecule has 2 aromatic rings. The zero-order valence-electron chi connectivity index (χ0n) is 14.7. The van der Waals surface area contributed by atoms with E-state index in [0.29, 0.717) is 16.6 Å². The smallest absolute Gasteiger partial charge is 0.316 e. The summed E-state index contributed by atoms with van der Waals surface area (Å²) in [7, 11) is 0. The fourth-order valence-electron chi connectivity index (χ4n) is 1.97. The first-order chi connectivity index (χ1) is 12.3. The molecule has 0 aliphatic rings. The molecular formula is C17H19N3O4S2. The van der Waals surface area contributed by atoms with Crippen LogP contribution in [0.25, 0.3) is 0 Å². The van der Waals surface area contributed by atoms with E-state index in [-0.39, 0.29) is 24.1 Å². The molecule has 1 amide bonds. The van der Waals surface area contributed by atoms with Crippen LogP contribution in [0.2, 0.25) is 0 Å². The predicted octanol–water partition coefficient (Wildman–Crippen LogP) is 2.31. The number of aromatic nitrogens is 2. The highest BCUT2D eigenvalue weighted by molar-refractivity contribution is 7.99. The molecule has 0 unspecified atom stereocenters. The molecule has 0 atom stereocenters. The molecule has 2 heterocycles. The third kappa shape index (κ3) is 6.57.